The summed E-state index contributed by atoms with van der Waals surface area (Å²) < 4.78 is 0. The predicted molar refractivity (Wildman–Crippen MR) is 60.1 cm³/mol. The van der Waals surface area contributed by atoms with E-state index in [-0.39, 0.29) is 6.10 Å². The summed E-state index contributed by atoms with van der Waals surface area (Å²) in [6.45, 7) is 3.73. The molecule has 0 aromatic carbocycles. The molecule has 0 spiro atoms. The maximum atomic E-state index is 9.23. The number of rotatable bonds is 5. The zero-order chi connectivity index (χ0) is 11.3. The van der Waals surface area contributed by atoms with Crippen molar-refractivity contribution < 1.29 is 5.11 Å². The van der Waals surface area contributed by atoms with E-state index in [1.165, 1.54) is 5.56 Å². The normalized spacial score (nSPS) is 13.1. The van der Waals surface area contributed by atoms with Gasteiger partial charge in [-0.25, -0.2) is 0 Å². The smallest absolute Gasteiger partial charge is 0.0639 e. The second-order valence-electron chi connectivity index (χ2n) is 3.91. The minimum Gasteiger partial charge on any atom is -0.392 e. The molecule has 4 nitrogen and oxygen atoms in total. The van der Waals surface area contributed by atoms with Crippen LogP contribution < -0.4 is 5.73 Å². The Hall–Kier alpha value is -0.970. The van der Waals surface area contributed by atoms with Crippen molar-refractivity contribution in [2.45, 2.75) is 26.1 Å². The van der Waals surface area contributed by atoms with Crippen molar-refractivity contribution in [3.8, 4) is 0 Å². The molecule has 0 amide bonds. The number of aromatic nitrogens is 1. The fourth-order valence-corrected chi connectivity index (χ4v) is 1.57. The number of hydrogen-bond acceptors (Lipinski definition) is 4. The summed E-state index contributed by atoms with van der Waals surface area (Å²) in [6.07, 6.45) is 1.47. The van der Waals surface area contributed by atoms with Crippen LogP contribution in [0.5, 0.6) is 0 Å². The van der Waals surface area contributed by atoms with Crippen molar-refractivity contribution in [2.24, 2.45) is 5.73 Å². The first-order valence-corrected chi connectivity index (χ1v) is 5.12. The second kappa shape index (κ2) is 5.80. The molecule has 1 unspecified atom stereocenters. The Kier molecular flexibility index (Phi) is 4.68. The highest BCUT2D eigenvalue weighted by molar-refractivity contribution is 5.16. The van der Waals surface area contributed by atoms with Crippen LogP contribution in [-0.2, 0) is 13.1 Å². The molecule has 1 rings (SSSR count). The van der Waals surface area contributed by atoms with Crippen molar-refractivity contribution in [2.75, 3.05) is 13.6 Å². The highest BCUT2D eigenvalue weighted by Crippen LogP contribution is 2.04. The lowest BCUT2D eigenvalue weighted by Crippen LogP contribution is -2.26. The number of nitrogens with two attached hydrogens (primary N) is 1. The summed E-state index contributed by atoms with van der Waals surface area (Å²) in [6, 6.07) is 3.97. The van der Waals surface area contributed by atoms with Gasteiger partial charge in [0.25, 0.3) is 0 Å². The molecule has 4 heteroatoms. The number of aliphatic hydroxyl groups excluding tert-OH is 1. The third-order valence-corrected chi connectivity index (χ3v) is 2.12. The van der Waals surface area contributed by atoms with Crippen LogP contribution in [0.15, 0.2) is 18.3 Å². The fraction of sp³-hybridized carbons (Fsp3) is 0.545. The van der Waals surface area contributed by atoms with Gasteiger partial charge in [0.15, 0.2) is 0 Å². The first-order valence-electron chi connectivity index (χ1n) is 5.12. The lowest BCUT2D eigenvalue weighted by molar-refractivity contribution is 0.138. The van der Waals surface area contributed by atoms with Crippen molar-refractivity contribution in [3.05, 3.63) is 29.6 Å². The monoisotopic (exact) mass is 209 g/mol. The highest BCUT2D eigenvalue weighted by Gasteiger charge is 2.04. The summed E-state index contributed by atoms with van der Waals surface area (Å²) >= 11 is 0. The first kappa shape index (κ1) is 12.1. The van der Waals surface area contributed by atoms with Gasteiger partial charge in [0.05, 0.1) is 11.8 Å². The second-order valence-corrected chi connectivity index (χ2v) is 3.91. The van der Waals surface area contributed by atoms with Gasteiger partial charge >= 0.3 is 0 Å². The third-order valence-electron chi connectivity index (χ3n) is 2.12. The van der Waals surface area contributed by atoms with Crippen molar-refractivity contribution in [1.29, 1.82) is 0 Å². The van der Waals surface area contributed by atoms with Gasteiger partial charge in [-0.05, 0) is 31.7 Å². The lowest BCUT2D eigenvalue weighted by atomic mass is 10.2. The van der Waals surface area contributed by atoms with Crippen molar-refractivity contribution in [3.63, 3.8) is 0 Å². The average Bonchev–Trinajstić information content (AvgIpc) is 2.16. The number of nitrogens with zero attached hydrogens (tertiary/aromatic N) is 2. The van der Waals surface area contributed by atoms with Crippen LogP contribution in [0.1, 0.15) is 18.2 Å². The molecular formula is C11H19N3O. The average molecular weight is 209 g/mol. The number of aliphatic hydroxyl groups is 1. The molecule has 0 bridgehead atoms. The minimum absolute atomic E-state index is 0.300. The van der Waals surface area contributed by atoms with E-state index in [0.717, 1.165) is 12.2 Å². The van der Waals surface area contributed by atoms with Crippen LogP contribution in [0.3, 0.4) is 0 Å². The maximum Gasteiger partial charge on any atom is 0.0639 e. The Morgan fingerprint density at radius 1 is 1.60 bits per heavy atom. The van der Waals surface area contributed by atoms with Gasteiger partial charge in [-0.1, -0.05) is 0 Å². The summed E-state index contributed by atoms with van der Waals surface area (Å²) in [4.78, 5) is 6.20. The minimum atomic E-state index is -0.300. The molecular weight excluding hydrogens is 190 g/mol. The lowest BCUT2D eigenvalue weighted by Gasteiger charge is -2.18. The van der Waals surface area contributed by atoms with Crippen LogP contribution in [0.25, 0.3) is 0 Å². The van der Waals surface area contributed by atoms with Crippen molar-refractivity contribution in [1.82, 2.24) is 9.88 Å². The molecule has 0 saturated carbocycles. The summed E-state index contributed by atoms with van der Waals surface area (Å²) in [7, 11) is 1.98. The zero-order valence-electron chi connectivity index (χ0n) is 9.35. The predicted octanol–water partition coefficient (Wildman–Crippen LogP) is 0.353. The molecule has 0 fully saturated rings. The van der Waals surface area contributed by atoms with Crippen LogP contribution in [-0.4, -0.2) is 34.7 Å². The molecule has 0 aliphatic rings. The van der Waals surface area contributed by atoms with E-state index in [1.54, 1.807) is 13.1 Å². The molecule has 0 aliphatic heterocycles. The summed E-state index contributed by atoms with van der Waals surface area (Å²) in [5, 5.41) is 9.23. The van der Waals surface area contributed by atoms with E-state index >= 15 is 0 Å². The Bertz CT molecular complexity index is 302. The molecule has 0 radical (unpaired) electrons. The molecule has 1 aromatic heterocycles. The van der Waals surface area contributed by atoms with Gasteiger partial charge in [0, 0.05) is 25.8 Å². The summed E-state index contributed by atoms with van der Waals surface area (Å²) in [5.41, 5.74) is 7.59. The van der Waals surface area contributed by atoms with Crippen LogP contribution in [0.2, 0.25) is 0 Å². The first-order chi connectivity index (χ1) is 7.11. The van der Waals surface area contributed by atoms with Crippen LogP contribution >= 0.6 is 0 Å². The van der Waals surface area contributed by atoms with E-state index in [0.29, 0.717) is 13.1 Å². The van der Waals surface area contributed by atoms with E-state index < -0.39 is 0 Å². The SMILES string of the molecule is CC(O)CN(C)Cc1ccnc(CN)c1. The highest BCUT2D eigenvalue weighted by atomic mass is 16.3. The molecule has 3 N–H and O–H groups in total. The molecule has 1 atom stereocenters. The molecule has 15 heavy (non-hydrogen) atoms. The van der Waals surface area contributed by atoms with E-state index in [4.69, 9.17) is 5.73 Å². The van der Waals surface area contributed by atoms with Gasteiger partial charge in [0.1, 0.15) is 0 Å². The number of hydrogen-bond donors (Lipinski definition) is 2. The molecule has 1 heterocycles. The largest absolute Gasteiger partial charge is 0.392 e. The van der Waals surface area contributed by atoms with E-state index in [2.05, 4.69) is 9.88 Å². The van der Waals surface area contributed by atoms with Gasteiger partial charge in [-0.15, -0.1) is 0 Å². The quantitative estimate of drug-likeness (QED) is 0.734. The van der Waals surface area contributed by atoms with Crippen LogP contribution in [0, 0.1) is 0 Å². The van der Waals surface area contributed by atoms with Crippen molar-refractivity contribution >= 4 is 0 Å². The Morgan fingerprint density at radius 2 is 2.33 bits per heavy atom. The number of likely N-dealkylation sites (N-methyl/N-ethyl adjacent to an activating group) is 1. The van der Waals surface area contributed by atoms with Crippen LogP contribution in [0.4, 0.5) is 0 Å². The Morgan fingerprint density at radius 3 is 2.93 bits per heavy atom. The fourth-order valence-electron chi connectivity index (χ4n) is 1.57. The van der Waals surface area contributed by atoms with Gasteiger partial charge in [-0.3, -0.25) is 9.88 Å². The summed E-state index contributed by atoms with van der Waals surface area (Å²) in [5.74, 6) is 0. The molecule has 0 saturated heterocycles. The number of pyridine rings is 1. The Labute approximate surface area is 90.7 Å². The van der Waals surface area contributed by atoms with Gasteiger partial charge < -0.3 is 10.8 Å². The topological polar surface area (TPSA) is 62.4 Å². The maximum absolute atomic E-state index is 9.23. The van der Waals surface area contributed by atoms with E-state index in [1.807, 2.05) is 19.2 Å². The molecule has 1 aromatic rings. The standard InChI is InChI=1S/C11H19N3O/c1-9(15)7-14(2)8-10-3-4-13-11(5-10)6-12/h3-5,9,15H,6-8,12H2,1-2H3. The zero-order valence-corrected chi connectivity index (χ0v) is 9.35. The molecule has 84 valence electrons. The van der Waals surface area contributed by atoms with Gasteiger partial charge in [-0.2, -0.15) is 0 Å². The molecule has 0 aliphatic carbocycles. The van der Waals surface area contributed by atoms with E-state index in [9.17, 15) is 5.11 Å². The third kappa shape index (κ3) is 4.38. The Balaban J connectivity index is 2.55. The van der Waals surface area contributed by atoms with Gasteiger partial charge in [0.2, 0.25) is 0 Å².